The molecule has 1 heterocycles. The molecule has 2 rings (SSSR count). The van der Waals surface area contributed by atoms with Gasteiger partial charge in [0.05, 0.1) is 0 Å². The zero-order chi connectivity index (χ0) is 7.52. The molecule has 0 unspecified atom stereocenters. The Hall–Kier alpha value is -1.57. The van der Waals surface area contributed by atoms with Gasteiger partial charge in [0.25, 0.3) is 0 Å². The molecule has 0 bridgehead atoms. The molecule has 0 radical (unpaired) electrons. The smallest absolute Gasteiger partial charge is 0.0453 e. The van der Waals surface area contributed by atoms with Gasteiger partial charge in [-0.1, -0.05) is 30.4 Å². The van der Waals surface area contributed by atoms with Gasteiger partial charge in [-0.05, 0) is 17.7 Å². The van der Waals surface area contributed by atoms with Crippen molar-refractivity contribution >= 4 is 0 Å². The summed E-state index contributed by atoms with van der Waals surface area (Å²) >= 11 is 0. The highest BCUT2D eigenvalue weighted by molar-refractivity contribution is 5.48. The molecule has 1 nitrogen and oxygen atoms in total. The van der Waals surface area contributed by atoms with Crippen LogP contribution in [-0.4, -0.2) is 0 Å². The average molecular weight is 163 g/mol. The van der Waals surface area contributed by atoms with Crippen LogP contribution in [0.5, 0.6) is 0 Å². The molecule has 1 aliphatic carbocycles. The van der Waals surface area contributed by atoms with Crippen molar-refractivity contribution in [2.24, 2.45) is 0 Å². The summed E-state index contributed by atoms with van der Waals surface area (Å²) in [5.41, 5.74) is 2.40. The first-order valence-electron chi connectivity index (χ1n) is 3.65. The van der Waals surface area contributed by atoms with Gasteiger partial charge < -0.3 is 5.32 Å². The van der Waals surface area contributed by atoms with Gasteiger partial charge in [-0.3, -0.25) is 4.70 Å². The van der Waals surface area contributed by atoms with Gasteiger partial charge >= 0.3 is 0 Å². The summed E-state index contributed by atoms with van der Waals surface area (Å²) < 4.78 is 0. The molecule has 0 aromatic heterocycles. The molecule has 0 aromatic rings. The fourth-order valence-corrected chi connectivity index (χ4v) is 1.13. The van der Waals surface area contributed by atoms with Crippen molar-refractivity contribution < 1.29 is 4.70 Å². The molecule has 1 aliphatic heterocycles. The van der Waals surface area contributed by atoms with Gasteiger partial charge in [0.15, 0.2) is 0 Å². The summed E-state index contributed by atoms with van der Waals surface area (Å²) in [6.07, 6.45) is 16.3. The number of dihydropyridines is 1. The molecule has 0 fully saturated rings. The zero-order valence-corrected chi connectivity index (χ0v) is 6.53. The largest absolute Gasteiger partial charge is 0.361 e. The average Bonchev–Trinajstić information content (AvgIpc) is 2.28. The number of hydrogen-bond acceptors (Lipinski definition) is 1. The first kappa shape index (κ1) is 8.53. The van der Waals surface area contributed by atoms with Crippen LogP contribution >= 0.6 is 0 Å². The minimum atomic E-state index is 0. The second-order valence-electron chi connectivity index (χ2n) is 2.45. The number of halogens is 1. The number of allylic oxidation sites excluding steroid dienone is 7. The van der Waals surface area contributed by atoms with E-state index in [4.69, 9.17) is 0 Å². The van der Waals surface area contributed by atoms with E-state index < -0.39 is 0 Å². The lowest BCUT2D eigenvalue weighted by Crippen LogP contribution is -2.08. The molecule has 0 spiro atoms. The standard InChI is InChI=1S/C10H9N.FH/c1-2-5-9-6-4-8-11-10(9)7-3-1;/h1-8,11H;1H. The molecular formula is C10H10FN. The molecule has 12 heavy (non-hydrogen) atoms. The van der Waals surface area contributed by atoms with E-state index in [1.165, 1.54) is 5.57 Å². The molecule has 1 N–H and O–H groups in total. The van der Waals surface area contributed by atoms with E-state index in [2.05, 4.69) is 23.5 Å². The van der Waals surface area contributed by atoms with E-state index >= 15 is 0 Å². The Labute approximate surface area is 70.8 Å². The van der Waals surface area contributed by atoms with Crippen molar-refractivity contribution in [3.05, 3.63) is 60.0 Å². The van der Waals surface area contributed by atoms with Crippen LogP contribution in [0.25, 0.3) is 0 Å². The highest BCUT2D eigenvalue weighted by Crippen LogP contribution is 2.14. The molecule has 0 saturated carbocycles. The van der Waals surface area contributed by atoms with Crippen molar-refractivity contribution in [3.63, 3.8) is 0 Å². The Balaban J connectivity index is 0.000000720. The summed E-state index contributed by atoms with van der Waals surface area (Å²) in [7, 11) is 0. The van der Waals surface area contributed by atoms with E-state index in [9.17, 15) is 0 Å². The lowest BCUT2D eigenvalue weighted by Gasteiger charge is -2.09. The van der Waals surface area contributed by atoms with E-state index in [-0.39, 0.29) is 4.70 Å². The molecule has 62 valence electrons. The van der Waals surface area contributed by atoms with Crippen LogP contribution in [0, 0.1) is 0 Å². The van der Waals surface area contributed by atoms with E-state index in [1.807, 2.05) is 30.5 Å². The minimum absolute atomic E-state index is 0. The number of fused-ring (bicyclic) bond motifs is 1. The van der Waals surface area contributed by atoms with Crippen molar-refractivity contribution in [3.8, 4) is 0 Å². The highest BCUT2D eigenvalue weighted by atomic mass is 19.0. The van der Waals surface area contributed by atoms with Gasteiger partial charge in [-0.25, -0.2) is 0 Å². The van der Waals surface area contributed by atoms with Gasteiger partial charge in [-0.2, -0.15) is 0 Å². The Morgan fingerprint density at radius 3 is 2.75 bits per heavy atom. The van der Waals surface area contributed by atoms with E-state index in [1.54, 1.807) is 0 Å². The van der Waals surface area contributed by atoms with Gasteiger partial charge in [0, 0.05) is 11.9 Å². The Morgan fingerprint density at radius 1 is 0.917 bits per heavy atom. The van der Waals surface area contributed by atoms with Crippen molar-refractivity contribution in [1.82, 2.24) is 5.32 Å². The van der Waals surface area contributed by atoms with Crippen LogP contribution in [-0.2, 0) is 0 Å². The fourth-order valence-electron chi connectivity index (χ4n) is 1.13. The van der Waals surface area contributed by atoms with Crippen LogP contribution in [0.3, 0.4) is 0 Å². The lowest BCUT2D eigenvalue weighted by atomic mass is 10.1. The Morgan fingerprint density at radius 2 is 1.83 bits per heavy atom. The molecular weight excluding hydrogens is 153 g/mol. The quantitative estimate of drug-likeness (QED) is 0.577. The van der Waals surface area contributed by atoms with Gasteiger partial charge in [0.1, 0.15) is 0 Å². The third-order valence-electron chi connectivity index (χ3n) is 1.68. The number of hydrogen-bond donors (Lipinski definition) is 1. The molecule has 2 aliphatic rings. The predicted octanol–water partition coefficient (Wildman–Crippen LogP) is 2.19. The summed E-state index contributed by atoms with van der Waals surface area (Å²) in [4.78, 5) is 0. The van der Waals surface area contributed by atoms with Crippen molar-refractivity contribution in [2.75, 3.05) is 0 Å². The van der Waals surface area contributed by atoms with Gasteiger partial charge in [-0.15, -0.1) is 0 Å². The summed E-state index contributed by atoms with van der Waals surface area (Å²) in [6, 6.07) is 0. The molecule has 0 amide bonds. The second-order valence-corrected chi connectivity index (χ2v) is 2.45. The fraction of sp³-hybridized carbons (Fsp3) is 0. The topological polar surface area (TPSA) is 12.0 Å². The molecule has 0 aromatic carbocycles. The summed E-state index contributed by atoms with van der Waals surface area (Å²) in [5.74, 6) is 0. The normalized spacial score (nSPS) is 18.0. The SMILES string of the molecule is C1=CC=C2NC=CC=C2C=C1.F. The van der Waals surface area contributed by atoms with Gasteiger partial charge in [0.2, 0.25) is 0 Å². The Bertz CT molecular complexity index is 306. The Kier molecular flexibility index (Phi) is 2.64. The number of rotatable bonds is 0. The van der Waals surface area contributed by atoms with E-state index in [0.717, 1.165) is 5.70 Å². The first-order valence-corrected chi connectivity index (χ1v) is 3.65. The monoisotopic (exact) mass is 163 g/mol. The summed E-state index contributed by atoms with van der Waals surface area (Å²) in [6.45, 7) is 0. The van der Waals surface area contributed by atoms with Crippen LogP contribution in [0.1, 0.15) is 0 Å². The van der Waals surface area contributed by atoms with Crippen LogP contribution < -0.4 is 5.32 Å². The summed E-state index contributed by atoms with van der Waals surface area (Å²) in [5, 5.41) is 3.17. The molecule has 2 heteroatoms. The lowest BCUT2D eigenvalue weighted by molar-refractivity contribution is 1.07. The van der Waals surface area contributed by atoms with Crippen molar-refractivity contribution in [2.45, 2.75) is 0 Å². The molecule has 0 atom stereocenters. The second kappa shape index (κ2) is 3.72. The third kappa shape index (κ3) is 1.53. The third-order valence-corrected chi connectivity index (χ3v) is 1.68. The van der Waals surface area contributed by atoms with Crippen molar-refractivity contribution in [1.29, 1.82) is 0 Å². The maximum Gasteiger partial charge on any atom is 0.0453 e. The van der Waals surface area contributed by atoms with Crippen LogP contribution in [0.2, 0.25) is 0 Å². The zero-order valence-electron chi connectivity index (χ0n) is 6.53. The predicted molar refractivity (Wildman–Crippen MR) is 49.2 cm³/mol. The number of nitrogens with one attached hydrogen (secondary N) is 1. The highest BCUT2D eigenvalue weighted by Gasteiger charge is 2.01. The van der Waals surface area contributed by atoms with E-state index in [0.29, 0.717) is 0 Å². The minimum Gasteiger partial charge on any atom is -0.361 e. The molecule has 0 saturated heterocycles. The van der Waals surface area contributed by atoms with Crippen LogP contribution in [0.15, 0.2) is 60.0 Å². The maximum absolute atomic E-state index is 3.17. The maximum atomic E-state index is 3.17. The van der Waals surface area contributed by atoms with Crippen LogP contribution in [0.4, 0.5) is 4.70 Å². The first-order chi connectivity index (χ1) is 5.47.